The van der Waals surface area contributed by atoms with Gasteiger partial charge in [-0.15, -0.1) is 0 Å². The first kappa shape index (κ1) is 34.5. The number of ether oxygens (including phenoxy) is 5. The third-order valence-electron chi connectivity index (χ3n) is 7.26. The van der Waals surface area contributed by atoms with E-state index < -0.39 is 12.0 Å². The standard InChI is InChI=1S/C35H34Br2N2O7S/c1-6-43-27-17-22(16-25(37)32(27)46-19-21-12-14-23(36)15-13-21)18-28-33(40)39-30(24-10-9-11-26(42-5)31(24)44-7-2)29(34(41)45-8-3)20(4)38-35(39)47-28/h9-18,30H,6-8,19H2,1-5H3/b28-18+/t30-/m1/s1. The summed E-state index contributed by atoms with van der Waals surface area (Å²) in [7, 11) is 1.55. The molecule has 5 rings (SSSR count). The van der Waals surface area contributed by atoms with E-state index in [2.05, 4.69) is 31.9 Å². The van der Waals surface area contributed by atoms with Gasteiger partial charge in [-0.25, -0.2) is 9.79 Å². The van der Waals surface area contributed by atoms with E-state index in [1.807, 2.05) is 56.3 Å². The van der Waals surface area contributed by atoms with Crippen molar-refractivity contribution in [2.45, 2.75) is 40.3 Å². The van der Waals surface area contributed by atoms with Crippen molar-refractivity contribution < 1.29 is 28.5 Å². The van der Waals surface area contributed by atoms with Gasteiger partial charge < -0.3 is 23.7 Å². The summed E-state index contributed by atoms with van der Waals surface area (Å²) >= 11 is 8.34. The van der Waals surface area contributed by atoms with Crippen LogP contribution >= 0.6 is 43.2 Å². The average molecular weight is 787 g/mol. The summed E-state index contributed by atoms with van der Waals surface area (Å²) in [6.07, 6.45) is 1.78. The van der Waals surface area contributed by atoms with E-state index in [-0.39, 0.29) is 17.7 Å². The molecule has 0 spiro atoms. The first-order valence-electron chi connectivity index (χ1n) is 15.0. The number of benzene rings is 3. The van der Waals surface area contributed by atoms with Crippen molar-refractivity contribution in [3.05, 3.63) is 111 Å². The lowest BCUT2D eigenvalue weighted by Gasteiger charge is -2.26. The number of allylic oxidation sites excluding steroid dienone is 1. The monoisotopic (exact) mass is 784 g/mol. The van der Waals surface area contributed by atoms with Crippen LogP contribution in [-0.4, -0.2) is 37.5 Å². The highest BCUT2D eigenvalue weighted by molar-refractivity contribution is 9.10. The lowest BCUT2D eigenvalue weighted by Crippen LogP contribution is -2.40. The zero-order chi connectivity index (χ0) is 33.7. The number of hydrogen-bond donors (Lipinski definition) is 0. The number of aromatic nitrogens is 1. The van der Waals surface area contributed by atoms with Crippen LogP contribution in [0, 0.1) is 0 Å². The van der Waals surface area contributed by atoms with Gasteiger partial charge in [0.25, 0.3) is 5.56 Å². The van der Waals surface area contributed by atoms with Gasteiger partial charge in [-0.2, -0.15) is 0 Å². The Hall–Kier alpha value is -3.87. The summed E-state index contributed by atoms with van der Waals surface area (Å²) in [6, 6.07) is 16.2. The molecule has 0 radical (unpaired) electrons. The normalized spacial score (nSPS) is 14.4. The van der Waals surface area contributed by atoms with Crippen molar-refractivity contribution >= 4 is 55.2 Å². The molecule has 0 saturated heterocycles. The maximum absolute atomic E-state index is 14.3. The Morgan fingerprint density at radius 1 is 0.957 bits per heavy atom. The lowest BCUT2D eigenvalue weighted by molar-refractivity contribution is -0.139. The molecule has 0 fully saturated rings. The first-order chi connectivity index (χ1) is 22.7. The Bertz CT molecular complexity index is 2000. The van der Waals surface area contributed by atoms with E-state index in [1.165, 1.54) is 15.9 Å². The quantitative estimate of drug-likeness (QED) is 0.148. The predicted molar refractivity (Wildman–Crippen MR) is 188 cm³/mol. The number of methoxy groups -OCH3 is 1. The van der Waals surface area contributed by atoms with E-state index in [0.717, 1.165) is 15.6 Å². The summed E-state index contributed by atoms with van der Waals surface area (Å²) in [5.74, 6) is 1.47. The molecule has 12 heteroatoms. The summed E-state index contributed by atoms with van der Waals surface area (Å²) in [4.78, 5) is 32.8. The number of nitrogens with zero attached hydrogens (tertiary/aromatic N) is 2. The number of rotatable bonds is 12. The second-order valence-electron chi connectivity index (χ2n) is 10.3. The van der Waals surface area contributed by atoms with Crippen molar-refractivity contribution in [3.63, 3.8) is 0 Å². The van der Waals surface area contributed by atoms with Crippen LogP contribution in [0.1, 0.15) is 50.4 Å². The van der Waals surface area contributed by atoms with Crippen LogP contribution < -0.4 is 33.8 Å². The van der Waals surface area contributed by atoms with Crippen LogP contribution in [0.15, 0.2) is 84.6 Å². The van der Waals surface area contributed by atoms with Gasteiger partial charge in [0.1, 0.15) is 12.6 Å². The molecule has 1 aromatic heterocycles. The summed E-state index contributed by atoms with van der Waals surface area (Å²) in [5.41, 5.74) is 2.71. The minimum absolute atomic E-state index is 0.170. The first-order valence-corrected chi connectivity index (χ1v) is 17.4. The Morgan fingerprint density at radius 2 is 1.70 bits per heavy atom. The number of halogens is 2. The highest BCUT2D eigenvalue weighted by Gasteiger charge is 2.36. The molecule has 3 aromatic carbocycles. The number of carbonyl (C=O) groups excluding carboxylic acids is 1. The minimum atomic E-state index is -0.857. The SMILES string of the molecule is CCOC(=O)C1=C(C)N=c2s/c(=C/c3cc(Br)c(OCc4ccc(Br)cc4)c(OCC)c3)c(=O)n2[C@@H]1c1cccc(OC)c1OCC. The number of esters is 1. The fraction of sp³-hybridized carbons (Fsp3) is 0.286. The molecule has 47 heavy (non-hydrogen) atoms. The van der Waals surface area contributed by atoms with Crippen molar-refractivity contribution in [1.82, 2.24) is 4.57 Å². The van der Waals surface area contributed by atoms with Gasteiger partial charge in [-0.1, -0.05) is 51.5 Å². The smallest absolute Gasteiger partial charge is 0.338 e. The summed E-state index contributed by atoms with van der Waals surface area (Å²) in [5, 5.41) is 0. The van der Waals surface area contributed by atoms with Gasteiger partial charge >= 0.3 is 5.97 Å². The number of fused-ring (bicyclic) bond motifs is 1. The van der Waals surface area contributed by atoms with E-state index in [4.69, 9.17) is 28.7 Å². The summed E-state index contributed by atoms with van der Waals surface area (Å²) in [6.45, 7) is 8.54. The van der Waals surface area contributed by atoms with Gasteiger partial charge in [-0.05, 0) is 91.2 Å². The third kappa shape index (κ3) is 7.34. The van der Waals surface area contributed by atoms with E-state index in [9.17, 15) is 9.59 Å². The molecule has 0 amide bonds. The van der Waals surface area contributed by atoms with Crippen LogP contribution in [0.4, 0.5) is 0 Å². The molecular formula is C35H34Br2N2O7S. The van der Waals surface area contributed by atoms with Crippen molar-refractivity contribution in [2.24, 2.45) is 4.99 Å². The van der Waals surface area contributed by atoms with Gasteiger partial charge in [0.05, 0.1) is 47.2 Å². The van der Waals surface area contributed by atoms with Crippen LogP contribution in [-0.2, 0) is 16.1 Å². The number of thiazole rings is 1. The molecule has 1 aliphatic rings. The van der Waals surface area contributed by atoms with Crippen molar-refractivity contribution in [2.75, 3.05) is 26.9 Å². The number of carbonyl (C=O) groups is 1. The fourth-order valence-corrected chi connectivity index (χ4v) is 7.14. The molecule has 0 bridgehead atoms. The number of hydrogen-bond acceptors (Lipinski definition) is 9. The third-order valence-corrected chi connectivity index (χ3v) is 9.36. The highest BCUT2D eigenvalue weighted by atomic mass is 79.9. The molecule has 246 valence electrons. The van der Waals surface area contributed by atoms with E-state index >= 15 is 0 Å². The molecule has 2 heterocycles. The number of para-hydroxylation sites is 1. The molecule has 0 N–H and O–H groups in total. The zero-order valence-electron chi connectivity index (χ0n) is 26.6. The average Bonchev–Trinajstić information content (AvgIpc) is 3.35. The Balaban J connectivity index is 1.63. The van der Waals surface area contributed by atoms with Crippen molar-refractivity contribution in [1.29, 1.82) is 0 Å². The zero-order valence-corrected chi connectivity index (χ0v) is 30.6. The van der Waals surface area contributed by atoms with Crippen LogP contribution in [0.2, 0.25) is 0 Å². The Labute approximate surface area is 293 Å². The Kier molecular flexibility index (Phi) is 11.3. The molecule has 1 atom stereocenters. The second kappa shape index (κ2) is 15.4. The molecule has 1 aliphatic heterocycles. The topological polar surface area (TPSA) is 97.6 Å². The highest BCUT2D eigenvalue weighted by Crippen LogP contribution is 2.41. The van der Waals surface area contributed by atoms with Crippen LogP contribution in [0.3, 0.4) is 0 Å². The van der Waals surface area contributed by atoms with Gasteiger partial charge in [0, 0.05) is 10.0 Å². The Morgan fingerprint density at radius 3 is 2.38 bits per heavy atom. The lowest BCUT2D eigenvalue weighted by atomic mass is 9.94. The molecule has 0 aliphatic carbocycles. The largest absolute Gasteiger partial charge is 0.493 e. The maximum Gasteiger partial charge on any atom is 0.338 e. The molecule has 9 nitrogen and oxygen atoms in total. The molecule has 4 aromatic rings. The molecular weight excluding hydrogens is 752 g/mol. The van der Waals surface area contributed by atoms with Crippen molar-refractivity contribution in [3.8, 4) is 23.0 Å². The maximum atomic E-state index is 14.3. The van der Waals surface area contributed by atoms with Gasteiger partial charge in [0.2, 0.25) is 0 Å². The minimum Gasteiger partial charge on any atom is -0.493 e. The van der Waals surface area contributed by atoms with Crippen LogP contribution in [0.25, 0.3) is 6.08 Å². The summed E-state index contributed by atoms with van der Waals surface area (Å²) < 4.78 is 32.8. The van der Waals surface area contributed by atoms with Gasteiger partial charge in [0.15, 0.2) is 27.8 Å². The second-order valence-corrected chi connectivity index (χ2v) is 13.1. The van der Waals surface area contributed by atoms with Crippen LogP contribution in [0.5, 0.6) is 23.0 Å². The predicted octanol–water partition coefficient (Wildman–Crippen LogP) is 6.71. The molecule has 0 unspecified atom stereocenters. The molecule has 0 saturated carbocycles. The van der Waals surface area contributed by atoms with Gasteiger partial charge in [-0.3, -0.25) is 9.36 Å². The van der Waals surface area contributed by atoms with E-state index in [1.54, 1.807) is 39.2 Å². The van der Waals surface area contributed by atoms with E-state index in [0.29, 0.717) is 67.9 Å². The fourth-order valence-electron chi connectivity index (χ4n) is 5.26.